The summed E-state index contributed by atoms with van der Waals surface area (Å²) in [6, 6.07) is 8.33. The van der Waals surface area contributed by atoms with Gasteiger partial charge in [-0.25, -0.2) is 4.98 Å². The minimum Gasteiger partial charge on any atom is -0.489 e. The average Bonchev–Trinajstić information content (AvgIpc) is 3.06. The second kappa shape index (κ2) is 8.16. The Morgan fingerprint density at radius 3 is 2.66 bits per heavy atom. The van der Waals surface area contributed by atoms with E-state index in [0.29, 0.717) is 17.2 Å². The number of carbonyl (C=O) groups excluding carboxylic acids is 1. The Morgan fingerprint density at radius 2 is 1.90 bits per heavy atom. The van der Waals surface area contributed by atoms with Crippen LogP contribution in [-0.4, -0.2) is 61.7 Å². The fourth-order valence-corrected chi connectivity index (χ4v) is 4.87. The van der Waals surface area contributed by atoms with E-state index in [-0.39, 0.29) is 11.9 Å². The van der Waals surface area contributed by atoms with E-state index in [1.165, 1.54) is 11.3 Å². The van der Waals surface area contributed by atoms with Crippen molar-refractivity contribution in [1.82, 2.24) is 15.2 Å². The van der Waals surface area contributed by atoms with Crippen LogP contribution in [0.1, 0.15) is 30.4 Å². The number of amides is 1. The van der Waals surface area contributed by atoms with Gasteiger partial charge in [0.15, 0.2) is 5.75 Å². The maximum absolute atomic E-state index is 12.5. The van der Waals surface area contributed by atoms with Gasteiger partial charge in [0.05, 0.1) is 11.6 Å². The number of anilines is 1. The molecule has 154 valence electrons. The first-order chi connectivity index (χ1) is 14.1. The summed E-state index contributed by atoms with van der Waals surface area (Å²) < 4.78 is 7.10. The number of hydrogen-bond acceptors (Lipinski definition) is 6. The van der Waals surface area contributed by atoms with E-state index >= 15 is 0 Å². The van der Waals surface area contributed by atoms with Gasteiger partial charge in [0, 0.05) is 41.7 Å². The molecule has 2 aliphatic heterocycles. The Balaban J connectivity index is 0.000000994. The highest BCUT2D eigenvalue weighted by Gasteiger charge is 2.26. The van der Waals surface area contributed by atoms with E-state index in [4.69, 9.17) is 9.72 Å². The average molecular weight is 413 g/mol. The molecular weight excluding hydrogens is 384 g/mol. The Hall–Kier alpha value is -2.38. The van der Waals surface area contributed by atoms with Crippen LogP contribution in [0, 0.1) is 0 Å². The summed E-state index contributed by atoms with van der Waals surface area (Å²) in [4.78, 5) is 22.8. The number of ether oxygens (including phenoxy) is 1. The fourth-order valence-electron chi connectivity index (χ4n) is 3.80. The van der Waals surface area contributed by atoms with Gasteiger partial charge in [0.25, 0.3) is 5.91 Å². The van der Waals surface area contributed by atoms with E-state index in [0.717, 1.165) is 53.0 Å². The Labute approximate surface area is 175 Å². The number of likely N-dealkylation sites (N-methyl/N-ethyl adjacent to an activating group) is 1. The smallest absolute Gasteiger partial charge is 0.265 e. The zero-order chi connectivity index (χ0) is 20.5. The van der Waals surface area contributed by atoms with Crippen molar-refractivity contribution in [1.29, 1.82) is 0 Å². The van der Waals surface area contributed by atoms with Crippen LogP contribution in [0.15, 0.2) is 24.3 Å². The molecule has 1 saturated heterocycles. The standard InChI is InChI=1S/C20H22N4O2S.C2H6/c1-12-11-26-18-17-13-3-6-16(24-9-7-23(2)8-10-24)22-14(13)4-5-15(17)27-19(18)20(25)21-12;1-2/h3-6,12H,7-11H2,1-2H3,(H,21,25);1-2H3/t12-;/m1./s1. The highest BCUT2D eigenvalue weighted by Crippen LogP contribution is 2.42. The largest absolute Gasteiger partial charge is 0.489 e. The number of nitrogens with zero attached hydrogens (tertiary/aromatic N) is 3. The van der Waals surface area contributed by atoms with Gasteiger partial charge in [-0.15, -0.1) is 11.3 Å². The molecule has 0 unspecified atom stereocenters. The number of pyridine rings is 1. The van der Waals surface area contributed by atoms with Gasteiger partial charge >= 0.3 is 0 Å². The predicted octanol–water partition coefficient (Wildman–Crippen LogP) is 3.74. The van der Waals surface area contributed by atoms with Crippen LogP contribution in [0.5, 0.6) is 5.75 Å². The molecule has 0 aliphatic carbocycles. The Morgan fingerprint density at radius 1 is 1.14 bits per heavy atom. The van der Waals surface area contributed by atoms with Gasteiger partial charge in [-0.05, 0) is 38.2 Å². The summed E-state index contributed by atoms with van der Waals surface area (Å²) in [5.41, 5.74) is 0.945. The first kappa shape index (κ1) is 19.9. The number of fused-ring (bicyclic) bond motifs is 5. The third kappa shape index (κ3) is 3.65. The molecule has 0 bridgehead atoms. The predicted molar refractivity (Wildman–Crippen MR) is 121 cm³/mol. The molecule has 0 saturated carbocycles. The number of rotatable bonds is 1. The van der Waals surface area contributed by atoms with Crippen molar-refractivity contribution in [2.45, 2.75) is 26.8 Å². The zero-order valence-corrected chi connectivity index (χ0v) is 18.3. The molecule has 1 aromatic carbocycles. The van der Waals surface area contributed by atoms with Crippen molar-refractivity contribution in [2.24, 2.45) is 0 Å². The van der Waals surface area contributed by atoms with Crippen molar-refractivity contribution in [3.8, 4) is 5.75 Å². The maximum Gasteiger partial charge on any atom is 0.265 e. The van der Waals surface area contributed by atoms with Crippen molar-refractivity contribution in [3.63, 3.8) is 0 Å². The van der Waals surface area contributed by atoms with Gasteiger partial charge in [-0.3, -0.25) is 4.79 Å². The SMILES string of the molecule is CC.C[C@@H]1COc2c(sc3ccc4nc(N5CCN(C)CC5)ccc4c23)C(=O)N1. The van der Waals surface area contributed by atoms with Gasteiger partial charge in [0.2, 0.25) is 0 Å². The number of aromatic nitrogens is 1. The Bertz CT molecular complexity index is 1040. The minimum atomic E-state index is -0.0497. The van der Waals surface area contributed by atoms with E-state index in [2.05, 4.69) is 40.4 Å². The van der Waals surface area contributed by atoms with E-state index < -0.39 is 0 Å². The molecule has 1 amide bonds. The van der Waals surface area contributed by atoms with Gasteiger partial charge < -0.3 is 19.9 Å². The monoisotopic (exact) mass is 412 g/mol. The van der Waals surface area contributed by atoms with Crippen molar-refractivity contribution >= 4 is 44.1 Å². The third-order valence-electron chi connectivity index (χ3n) is 5.35. The molecule has 5 rings (SSSR count). The lowest BCUT2D eigenvalue weighted by Crippen LogP contribution is -2.44. The molecule has 3 aromatic rings. The quantitative estimate of drug-likeness (QED) is 0.660. The molecule has 7 heteroatoms. The van der Waals surface area contributed by atoms with Crippen molar-refractivity contribution < 1.29 is 9.53 Å². The first-order valence-corrected chi connectivity index (χ1v) is 11.2. The molecule has 29 heavy (non-hydrogen) atoms. The number of piperazine rings is 1. The lowest BCUT2D eigenvalue weighted by atomic mass is 10.1. The first-order valence-electron chi connectivity index (χ1n) is 10.3. The van der Waals surface area contributed by atoms with Crippen LogP contribution in [0.3, 0.4) is 0 Å². The zero-order valence-electron chi connectivity index (χ0n) is 17.5. The molecule has 2 aliphatic rings. The summed E-state index contributed by atoms with van der Waals surface area (Å²) in [5, 5.41) is 5.04. The van der Waals surface area contributed by atoms with Crippen LogP contribution in [0.4, 0.5) is 5.82 Å². The summed E-state index contributed by atoms with van der Waals surface area (Å²) in [6.07, 6.45) is 0. The van der Waals surface area contributed by atoms with Crippen LogP contribution in [-0.2, 0) is 0 Å². The molecule has 1 N–H and O–H groups in total. The fraction of sp³-hybridized carbons (Fsp3) is 0.455. The topological polar surface area (TPSA) is 57.7 Å². The molecule has 1 atom stereocenters. The number of nitrogens with one attached hydrogen (secondary N) is 1. The number of carbonyl (C=O) groups is 1. The second-order valence-electron chi connectivity index (χ2n) is 7.41. The van der Waals surface area contributed by atoms with Crippen molar-refractivity contribution in [2.75, 3.05) is 44.7 Å². The van der Waals surface area contributed by atoms with Gasteiger partial charge in [-0.2, -0.15) is 0 Å². The van der Waals surface area contributed by atoms with Crippen LogP contribution in [0.25, 0.3) is 21.0 Å². The molecule has 4 heterocycles. The summed E-state index contributed by atoms with van der Waals surface area (Å²) in [7, 11) is 2.15. The molecule has 6 nitrogen and oxygen atoms in total. The molecule has 2 aromatic heterocycles. The highest BCUT2D eigenvalue weighted by atomic mass is 32.1. The lowest BCUT2D eigenvalue weighted by molar-refractivity contribution is 0.0946. The number of benzene rings is 1. The van der Waals surface area contributed by atoms with Crippen LogP contribution >= 0.6 is 11.3 Å². The van der Waals surface area contributed by atoms with E-state index in [9.17, 15) is 4.79 Å². The second-order valence-corrected chi connectivity index (χ2v) is 8.46. The summed E-state index contributed by atoms with van der Waals surface area (Å²) in [5.74, 6) is 1.67. The Kier molecular flexibility index (Phi) is 5.61. The van der Waals surface area contributed by atoms with Gasteiger partial charge in [-0.1, -0.05) is 13.8 Å². The molecular formula is C22H28N4O2S. The third-order valence-corrected chi connectivity index (χ3v) is 6.49. The maximum atomic E-state index is 12.5. The molecule has 1 fully saturated rings. The van der Waals surface area contributed by atoms with E-state index in [1.807, 2.05) is 26.8 Å². The summed E-state index contributed by atoms with van der Waals surface area (Å²) in [6.45, 7) is 10.5. The van der Waals surface area contributed by atoms with Gasteiger partial charge in [0.1, 0.15) is 17.3 Å². The number of thiophene rings is 1. The molecule has 0 radical (unpaired) electrons. The van der Waals surface area contributed by atoms with Crippen molar-refractivity contribution in [3.05, 3.63) is 29.1 Å². The normalized spacial score (nSPS) is 19.8. The van der Waals surface area contributed by atoms with E-state index in [1.54, 1.807) is 0 Å². The number of hydrogen-bond donors (Lipinski definition) is 1. The van der Waals surface area contributed by atoms with Crippen LogP contribution in [0.2, 0.25) is 0 Å². The minimum absolute atomic E-state index is 0.00378. The highest BCUT2D eigenvalue weighted by molar-refractivity contribution is 7.21. The summed E-state index contributed by atoms with van der Waals surface area (Å²) >= 11 is 1.49. The molecule has 0 spiro atoms. The lowest BCUT2D eigenvalue weighted by Gasteiger charge is -2.33. The van der Waals surface area contributed by atoms with Crippen LogP contribution < -0.4 is 15.0 Å².